The summed E-state index contributed by atoms with van der Waals surface area (Å²) in [4.78, 5) is 25.4. The third-order valence-corrected chi connectivity index (χ3v) is 4.59. The normalized spacial score (nSPS) is 20.5. The molecule has 1 aromatic rings. The Bertz CT molecular complexity index is 612. The van der Waals surface area contributed by atoms with Gasteiger partial charge in [0.15, 0.2) is 0 Å². The van der Waals surface area contributed by atoms with E-state index in [1.54, 1.807) is 0 Å². The Morgan fingerprint density at radius 2 is 2.23 bits per heavy atom. The molecule has 2 aliphatic heterocycles. The van der Waals surface area contributed by atoms with Crippen molar-refractivity contribution in [2.45, 2.75) is 33.2 Å². The van der Waals surface area contributed by atoms with Crippen molar-refractivity contribution < 1.29 is 9.59 Å². The molecule has 22 heavy (non-hydrogen) atoms. The van der Waals surface area contributed by atoms with Crippen molar-refractivity contribution in [1.29, 1.82) is 0 Å². The SMILES string of the molecule is Cc1cc(C)c2c(c1)CN(C(=O)NCC1CNC(=O)C1)CC2. The van der Waals surface area contributed by atoms with E-state index < -0.39 is 0 Å². The van der Waals surface area contributed by atoms with Crippen molar-refractivity contribution in [2.75, 3.05) is 19.6 Å². The second-order valence-corrected chi connectivity index (χ2v) is 6.45. The van der Waals surface area contributed by atoms with Gasteiger partial charge in [0.25, 0.3) is 0 Å². The molecule has 0 bridgehead atoms. The molecule has 3 amide bonds. The van der Waals surface area contributed by atoms with Gasteiger partial charge in [-0.25, -0.2) is 4.79 Å². The van der Waals surface area contributed by atoms with Crippen LogP contribution in [-0.2, 0) is 17.8 Å². The highest BCUT2D eigenvalue weighted by atomic mass is 16.2. The minimum atomic E-state index is -0.0239. The summed E-state index contributed by atoms with van der Waals surface area (Å²) in [5.41, 5.74) is 5.22. The predicted molar refractivity (Wildman–Crippen MR) is 84.5 cm³/mol. The number of hydrogen-bond acceptors (Lipinski definition) is 2. The molecule has 5 nitrogen and oxygen atoms in total. The van der Waals surface area contributed by atoms with Crippen LogP contribution in [0.25, 0.3) is 0 Å². The third kappa shape index (κ3) is 3.08. The molecule has 0 spiro atoms. The van der Waals surface area contributed by atoms with Crippen LogP contribution in [0.1, 0.15) is 28.7 Å². The predicted octanol–water partition coefficient (Wildman–Crippen LogP) is 1.51. The van der Waals surface area contributed by atoms with E-state index in [0.29, 0.717) is 26.1 Å². The third-order valence-electron chi connectivity index (χ3n) is 4.59. The van der Waals surface area contributed by atoms with Gasteiger partial charge in [-0.2, -0.15) is 0 Å². The molecule has 0 saturated carbocycles. The zero-order chi connectivity index (χ0) is 15.7. The van der Waals surface area contributed by atoms with E-state index in [1.165, 1.54) is 22.3 Å². The number of carbonyl (C=O) groups excluding carboxylic acids is 2. The fourth-order valence-corrected chi connectivity index (χ4v) is 3.44. The number of benzene rings is 1. The van der Waals surface area contributed by atoms with Gasteiger partial charge in [0, 0.05) is 38.5 Å². The number of rotatable bonds is 2. The van der Waals surface area contributed by atoms with Gasteiger partial charge in [-0.1, -0.05) is 17.7 Å². The molecular weight excluding hydrogens is 278 g/mol. The van der Waals surface area contributed by atoms with Crippen LogP contribution >= 0.6 is 0 Å². The maximum atomic E-state index is 12.3. The van der Waals surface area contributed by atoms with Crippen LogP contribution in [0.5, 0.6) is 0 Å². The van der Waals surface area contributed by atoms with Crippen molar-refractivity contribution in [2.24, 2.45) is 5.92 Å². The summed E-state index contributed by atoms with van der Waals surface area (Å²) in [6.07, 6.45) is 1.43. The summed E-state index contributed by atoms with van der Waals surface area (Å²) in [6, 6.07) is 4.36. The highest BCUT2D eigenvalue weighted by Crippen LogP contribution is 2.24. The van der Waals surface area contributed by atoms with Crippen molar-refractivity contribution in [1.82, 2.24) is 15.5 Å². The van der Waals surface area contributed by atoms with Gasteiger partial charge in [0.05, 0.1) is 0 Å². The van der Waals surface area contributed by atoms with Gasteiger partial charge >= 0.3 is 6.03 Å². The number of urea groups is 1. The summed E-state index contributed by atoms with van der Waals surface area (Å²) in [6.45, 7) is 6.90. The molecule has 2 N–H and O–H groups in total. The summed E-state index contributed by atoms with van der Waals surface area (Å²) in [5.74, 6) is 0.301. The topological polar surface area (TPSA) is 61.4 Å². The summed E-state index contributed by atoms with van der Waals surface area (Å²) in [7, 11) is 0. The van der Waals surface area contributed by atoms with Crippen LogP contribution in [0.4, 0.5) is 4.79 Å². The van der Waals surface area contributed by atoms with E-state index in [1.807, 2.05) is 4.90 Å². The maximum absolute atomic E-state index is 12.3. The van der Waals surface area contributed by atoms with Gasteiger partial charge in [0.2, 0.25) is 5.91 Å². The quantitative estimate of drug-likeness (QED) is 0.870. The van der Waals surface area contributed by atoms with Crippen LogP contribution in [-0.4, -0.2) is 36.5 Å². The standard InChI is InChI=1S/C17H23N3O2/c1-11-5-12(2)15-3-4-20(10-14(15)6-11)17(22)19-9-13-7-16(21)18-8-13/h5-6,13H,3-4,7-10H2,1-2H3,(H,18,21)(H,19,22). The van der Waals surface area contributed by atoms with Crippen molar-refractivity contribution in [3.8, 4) is 0 Å². The lowest BCUT2D eigenvalue weighted by molar-refractivity contribution is -0.119. The highest BCUT2D eigenvalue weighted by Gasteiger charge is 2.25. The summed E-state index contributed by atoms with van der Waals surface area (Å²) >= 11 is 0. The molecule has 5 heteroatoms. The Labute approximate surface area is 131 Å². The smallest absolute Gasteiger partial charge is 0.317 e. The van der Waals surface area contributed by atoms with Gasteiger partial charge < -0.3 is 15.5 Å². The zero-order valence-electron chi connectivity index (χ0n) is 13.2. The number of carbonyl (C=O) groups is 2. The van der Waals surface area contributed by atoms with Gasteiger partial charge in [-0.05, 0) is 37.0 Å². The number of nitrogens with one attached hydrogen (secondary N) is 2. The molecule has 0 aromatic heterocycles. The van der Waals surface area contributed by atoms with Crippen LogP contribution in [0.3, 0.4) is 0 Å². The Morgan fingerprint density at radius 1 is 1.41 bits per heavy atom. The lowest BCUT2D eigenvalue weighted by Crippen LogP contribution is -2.44. The first-order valence-electron chi connectivity index (χ1n) is 7.91. The first-order valence-corrected chi connectivity index (χ1v) is 7.91. The molecule has 1 aromatic carbocycles. The minimum absolute atomic E-state index is 0.0239. The van der Waals surface area contributed by atoms with Crippen LogP contribution < -0.4 is 10.6 Å². The van der Waals surface area contributed by atoms with Crippen molar-refractivity contribution in [3.05, 3.63) is 34.4 Å². The largest absolute Gasteiger partial charge is 0.356 e. The second kappa shape index (κ2) is 5.99. The van der Waals surface area contributed by atoms with Crippen molar-refractivity contribution in [3.63, 3.8) is 0 Å². The molecule has 1 atom stereocenters. The molecule has 1 saturated heterocycles. The Balaban J connectivity index is 1.59. The van der Waals surface area contributed by atoms with E-state index in [2.05, 4.69) is 36.6 Å². The summed E-state index contributed by atoms with van der Waals surface area (Å²) < 4.78 is 0. The Hall–Kier alpha value is -2.04. The lowest BCUT2D eigenvalue weighted by atomic mass is 9.93. The van der Waals surface area contributed by atoms with Gasteiger partial charge in [-0.3, -0.25) is 4.79 Å². The molecule has 118 valence electrons. The molecule has 1 unspecified atom stereocenters. The fraction of sp³-hybridized carbons (Fsp3) is 0.529. The average molecular weight is 301 g/mol. The zero-order valence-corrected chi connectivity index (χ0v) is 13.2. The lowest BCUT2D eigenvalue weighted by Gasteiger charge is -2.30. The molecule has 2 heterocycles. The Morgan fingerprint density at radius 3 is 2.95 bits per heavy atom. The maximum Gasteiger partial charge on any atom is 0.317 e. The number of fused-ring (bicyclic) bond motifs is 1. The van der Waals surface area contributed by atoms with E-state index in [0.717, 1.165) is 13.0 Å². The monoisotopic (exact) mass is 301 g/mol. The molecule has 0 aliphatic carbocycles. The molecular formula is C17H23N3O2. The number of aryl methyl sites for hydroxylation is 2. The first kappa shape index (κ1) is 14.9. The van der Waals surface area contributed by atoms with Gasteiger partial charge in [-0.15, -0.1) is 0 Å². The van der Waals surface area contributed by atoms with E-state index in [9.17, 15) is 9.59 Å². The summed E-state index contributed by atoms with van der Waals surface area (Å²) in [5, 5.41) is 5.76. The molecule has 3 rings (SSSR count). The van der Waals surface area contributed by atoms with Crippen LogP contribution in [0.2, 0.25) is 0 Å². The van der Waals surface area contributed by atoms with Gasteiger partial charge in [0.1, 0.15) is 0 Å². The van der Waals surface area contributed by atoms with E-state index in [-0.39, 0.29) is 17.9 Å². The molecule has 2 aliphatic rings. The van der Waals surface area contributed by atoms with Crippen molar-refractivity contribution >= 4 is 11.9 Å². The second-order valence-electron chi connectivity index (χ2n) is 6.45. The highest BCUT2D eigenvalue weighted by molar-refractivity contribution is 5.79. The van der Waals surface area contributed by atoms with E-state index in [4.69, 9.17) is 0 Å². The van der Waals surface area contributed by atoms with Crippen LogP contribution in [0.15, 0.2) is 12.1 Å². The number of nitrogens with zero attached hydrogens (tertiary/aromatic N) is 1. The fourth-order valence-electron chi connectivity index (χ4n) is 3.44. The molecule has 1 fully saturated rings. The Kier molecular flexibility index (Phi) is 4.05. The first-order chi connectivity index (χ1) is 10.5. The van der Waals surface area contributed by atoms with E-state index >= 15 is 0 Å². The minimum Gasteiger partial charge on any atom is -0.356 e. The average Bonchev–Trinajstić information content (AvgIpc) is 2.89. The molecule has 0 radical (unpaired) electrons. The number of hydrogen-bond donors (Lipinski definition) is 2. The van der Waals surface area contributed by atoms with Crippen LogP contribution in [0, 0.1) is 19.8 Å². The number of amides is 3.